The van der Waals surface area contributed by atoms with E-state index in [4.69, 9.17) is 5.73 Å². The third kappa shape index (κ3) is 4.90. The highest BCUT2D eigenvalue weighted by Crippen LogP contribution is 1.87. The quantitative estimate of drug-likeness (QED) is 0.442. The highest BCUT2D eigenvalue weighted by Gasteiger charge is 1.87. The van der Waals surface area contributed by atoms with Crippen molar-refractivity contribution in [2.75, 3.05) is 0 Å². The molecule has 0 unspecified atom stereocenters. The second kappa shape index (κ2) is 3.71. The van der Waals surface area contributed by atoms with Crippen molar-refractivity contribution in [2.45, 2.75) is 13.8 Å². The molecule has 0 aromatic heterocycles. The number of allylic oxidation sites excluding steroid dienone is 2. The Kier molecular flexibility index (Phi) is 3.25. The van der Waals surface area contributed by atoms with Crippen LogP contribution in [0.3, 0.4) is 0 Å². The van der Waals surface area contributed by atoms with Crippen LogP contribution in [0, 0.1) is 0 Å². The average molecular weight is 139 g/mol. The van der Waals surface area contributed by atoms with E-state index in [9.17, 15) is 0 Å². The fraction of sp³-hybridized carbons (Fsp3) is 0.286. The van der Waals surface area contributed by atoms with Gasteiger partial charge in [0.1, 0.15) is 0 Å². The molecule has 56 valence electrons. The lowest BCUT2D eigenvalue weighted by molar-refractivity contribution is 1.09. The number of hydrogen-bond acceptors (Lipinski definition) is 1. The topological polar surface area (TPSA) is 50.4 Å². The average Bonchev–Trinajstić information content (AvgIpc) is 1.58. The molecule has 0 atom stereocenters. The zero-order valence-corrected chi connectivity index (χ0v) is 6.44. The van der Waals surface area contributed by atoms with Gasteiger partial charge in [-0.15, -0.1) is 0 Å². The summed E-state index contributed by atoms with van der Waals surface area (Å²) in [4.78, 5) is 3.85. The predicted octanol–water partition coefficient (Wildman–Crippen LogP) is 0.958. The summed E-state index contributed by atoms with van der Waals surface area (Å²) in [6.45, 7) is 10.7. The molecule has 0 amide bonds. The molecular weight excluding hydrogens is 126 g/mol. The van der Waals surface area contributed by atoms with Gasteiger partial charge in [-0.3, -0.25) is 0 Å². The summed E-state index contributed by atoms with van der Waals surface area (Å²) in [5.41, 5.74) is 6.83. The van der Waals surface area contributed by atoms with Gasteiger partial charge in [-0.2, -0.15) is 0 Å². The lowest BCUT2D eigenvalue weighted by atomic mass is 10.5. The molecule has 10 heavy (non-hydrogen) atoms. The Hall–Kier alpha value is -1.25. The highest BCUT2D eigenvalue weighted by molar-refractivity contribution is 5.80. The maximum Gasteiger partial charge on any atom is 0.197 e. The van der Waals surface area contributed by atoms with Gasteiger partial charge < -0.3 is 11.1 Å². The normalized spacial score (nSPS) is 10.8. The van der Waals surface area contributed by atoms with Gasteiger partial charge in [0.2, 0.25) is 0 Å². The van der Waals surface area contributed by atoms with Gasteiger partial charge in [-0.25, -0.2) is 4.99 Å². The molecule has 0 aliphatic heterocycles. The van der Waals surface area contributed by atoms with Gasteiger partial charge in [0.15, 0.2) is 5.96 Å². The van der Waals surface area contributed by atoms with E-state index in [-0.39, 0.29) is 0 Å². The number of hydrogen-bond donors (Lipinski definition) is 2. The lowest BCUT2D eigenvalue weighted by Gasteiger charge is -2.02. The molecule has 0 aromatic carbocycles. The fourth-order valence-corrected chi connectivity index (χ4v) is 0.452. The first-order valence-corrected chi connectivity index (χ1v) is 2.94. The zero-order valence-electron chi connectivity index (χ0n) is 6.44. The van der Waals surface area contributed by atoms with Gasteiger partial charge >= 0.3 is 0 Å². The molecule has 0 aromatic rings. The standard InChI is InChI=1S/C7H13N3/c1-5(2)9-7(8)10-6(3)4/h1,3H2,2,4H3,(H3,8,9,10). The Morgan fingerprint density at radius 2 is 1.90 bits per heavy atom. The van der Waals surface area contributed by atoms with E-state index in [1.165, 1.54) is 0 Å². The Morgan fingerprint density at radius 1 is 1.40 bits per heavy atom. The fourth-order valence-electron chi connectivity index (χ4n) is 0.452. The molecule has 0 heterocycles. The van der Waals surface area contributed by atoms with Crippen molar-refractivity contribution < 1.29 is 0 Å². The summed E-state index contributed by atoms with van der Waals surface area (Å²) < 4.78 is 0. The highest BCUT2D eigenvalue weighted by atomic mass is 15.1. The Bertz CT molecular complexity index is 179. The van der Waals surface area contributed by atoms with E-state index in [0.29, 0.717) is 11.7 Å². The second-order valence-corrected chi connectivity index (χ2v) is 2.14. The molecule has 3 nitrogen and oxygen atoms in total. The third-order valence-electron chi connectivity index (χ3n) is 0.653. The largest absolute Gasteiger partial charge is 0.369 e. The summed E-state index contributed by atoms with van der Waals surface area (Å²) in [6.07, 6.45) is 0. The monoisotopic (exact) mass is 139 g/mol. The van der Waals surface area contributed by atoms with Crippen LogP contribution in [0.5, 0.6) is 0 Å². The maximum atomic E-state index is 5.39. The number of aliphatic imine (C=N–C) groups is 1. The van der Waals surface area contributed by atoms with Gasteiger partial charge in [-0.1, -0.05) is 13.2 Å². The van der Waals surface area contributed by atoms with E-state index >= 15 is 0 Å². The number of rotatable bonds is 2. The molecule has 0 rings (SSSR count). The third-order valence-corrected chi connectivity index (χ3v) is 0.653. The van der Waals surface area contributed by atoms with Gasteiger partial charge in [0.05, 0.1) is 0 Å². The van der Waals surface area contributed by atoms with Crippen molar-refractivity contribution in [1.82, 2.24) is 5.32 Å². The van der Waals surface area contributed by atoms with Gasteiger partial charge in [0, 0.05) is 11.4 Å². The molecule has 0 fully saturated rings. The van der Waals surface area contributed by atoms with E-state index in [1.807, 2.05) is 0 Å². The van der Waals surface area contributed by atoms with Crippen LogP contribution in [-0.4, -0.2) is 5.96 Å². The molecule has 0 spiro atoms. The van der Waals surface area contributed by atoms with E-state index in [1.54, 1.807) is 13.8 Å². The summed E-state index contributed by atoms with van der Waals surface area (Å²) in [5.74, 6) is 0.333. The SMILES string of the molecule is C=C(C)N=C(N)NC(=C)C. The van der Waals surface area contributed by atoms with Crippen LogP contribution in [-0.2, 0) is 0 Å². The molecule has 0 bridgehead atoms. The van der Waals surface area contributed by atoms with Crippen molar-refractivity contribution in [2.24, 2.45) is 10.7 Å². The predicted molar refractivity (Wildman–Crippen MR) is 44.4 cm³/mol. The molecular formula is C7H13N3. The second-order valence-electron chi connectivity index (χ2n) is 2.14. The minimum absolute atomic E-state index is 0.333. The molecule has 3 heteroatoms. The lowest BCUT2D eigenvalue weighted by Crippen LogP contribution is -2.29. The van der Waals surface area contributed by atoms with Gasteiger partial charge in [-0.05, 0) is 13.8 Å². The van der Waals surface area contributed by atoms with Crippen molar-refractivity contribution in [1.29, 1.82) is 0 Å². The van der Waals surface area contributed by atoms with Crippen molar-refractivity contribution in [3.05, 3.63) is 24.6 Å². The van der Waals surface area contributed by atoms with Crippen molar-refractivity contribution in [3.8, 4) is 0 Å². The minimum Gasteiger partial charge on any atom is -0.369 e. The zero-order chi connectivity index (χ0) is 8.15. The molecule has 3 N–H and O–H groups in total. The van der Waals surface area contributed by atoms with Crippen LogP contribution in [0.1, 0.15) is 13.8 Å². The molecule has 0 aliphatic rings. The van der Waals surface area contributed by atoms with Crippen LogP contribution >= 0.6 is 0 Å². The van der Waals surface area contributed by atoms with Crippen molar-refractivity contribution >= 4 is 5.96 Å². The Morgan fingerprint density at radius 3 is 2.20 bits per heavy atom. The van der Waals surface area contributed by atoms with E-state index in [0.717, 1.165) is 5.70 Å². The number of nitrogens with two attached hydrogens (primary N) is 1. The van der Waals surface area contributed by atoms with E-state index < -0.39 is 0 Å². The minimum atomic E-state index is 0.333. The molecule has 0 saturated carbocycles. The summed E-state index contributed by atoms with van der Waals surface area (Å²) in [5, 5.41) is 2.75. The molecule has 0 saturated heterocycles. The van der Waals surface area contributed by atoms with Crippen LogP contribution in [0.15, 0.2) is 29.5 Å². The van der Waals surface area contributed by atoms with Crippen LogP contribution in [0.25, 0.3) is 0 Å². The van der Waals surface area contributed by atoms with Crippen LogP contribution in [0.2, 0.25) is 0 Å². The van der Waals surface area contributed by atoms with E-state index in [2.05, 4.69) is 23.5 Å². The van der Waals surface area contributed by atoms with Crippen LogP contribution in [0.4, 0.5) is 0 Å². The molecule has 0 aliphatic carbocycles. The van der Waals surface area contributed by atoms with Crippen molar-refractivity contribution in [3.63, 3.8) is 0 Å². The Balaban J connectivity index is 3.95. The summed E-state index contributed by atoms with van der Waals surface area (Å²) >= 11 is 0. The first kappa shape index (κ1) is 8.75. The molecule has 0 radical (unpaired) electrons. The Labute approximate surface area is 61.3 Å². The maximum absolute atomic E-state index is 5.39. The first-order chi connectivity index (χ1) is 4.52. The number of nitrogens with zero attached hydrogens (tertiary/aromatic N) is 1. The summed E-state index contributed by atoms with van der Waals surface area (Å²) in [7, 11) is 0. The smallest absolute Gasteiger partial charge is 0.197 e. The van der Waals surface area contributed by atoms with Gasteiger partial charge in [0.25, 0.3) is 0 Å². The van der Waals surface area contributed by atoms with Crippen LogP contribution < -0.4 is 11.1 Å². The number of nitrogens with one attached hydrogen (secondary N) is 1. The summed E-state index contributed by atoms with van der Waals surface area (Å²) in [6, 6.07) is 0. The first-order valence-electron chi connectivity index (χ1n) is 2.94. The number of guanidine groups is 1.